The number of benzene rings is 1. The number of fused-ring (bicyclic) bond motifs is 1. The normalized spacial score (nSPS) is 13.0. The molecule has 3 N–H and O–H groups in total. The maximum absolute atomic E-state index is 5.89. The van der Waals surface area contributed by atoms with Gasteiger partial charge in [0.05, 0.1) is 4.47 Å². The molecule has 2 aromatic heterocycles. The van der Waals surface area contributed by atoms with E-state index in [1.54, 1.807) is 11.3 Å². The third kappa shape index (κ3) is 1.99. The Kier molecular flexibility index (Phi) is 3.22. The van der Waals surface area contributed by atoms with Crippen molar-refractivity contribution in [2.75, 3.05) is 0 Å². The largest absolute Gasteiger partial charge is 0.458 e. The topological polar surface area (TPSA) is 51.2 Å². The zero-order valence-electron chi connectivity index (χ0n) is 9.39. The van der Waals surface area contributed by atoms with Crippen molar-refractivity contribution < 1.29 is 4.42 Å². The molecular formula is C13H11BrN2OS. The second-order valence-electron chi connectivity index (χ2n) is 3.96. The number of hydrazine groups is 1. The summed E-state index contributed by atoms with van der Waals surface area (Å²) in [4.78, 5) is 0. The fourth-order valence-electron chi connectivity index (χ4n) is 1.97. The van der Waals surface area contributed by atoms with Crippen molar-refractivity contribution in [3.8, 4) is 0 Å². The molecule has 0 saturated heterocycles. The van der Waals surface area contributed by atoms with Gasteiger partial charge in [-0.25, -0.2) is 5.43 Å². The summed E-state index contributed by atoms with van der Waals surface area (Å²) in [5.41, 5.74) is 4.76. The summed E-state index contributed by atoms with van der Waals surface area (Å²) in [5, 5.41) is 5.15. The van der Waals surface area contributed by atoms with Crippen LogP contribution in [0.25, 0.3) is 11.0 Å². The number of halogens is 1. The number of para-hydroxylation sites is 1. The van der Waals surface area contributed by atoms with Gasteiger partial charge >= 0.3 is 0 Å². The highest BCUT2D eigenvalue weighted by atomic mass is 79.9. The minimum Gasteiger partial charge on any atom is -0.458 e. The Balaban J connectivity index is 2.11. The Morgan fingerprint density at radius 3 is 2.89 bits per heavy atom. The first kappa shape index (κ1) is 11.9. The number of rotatable bonds is 3. The molecule has 0 spiro atoms. The Morgan fingerprint density at radius 1 is 1.33 bits per heavy atom. The van der Waals surface area contributed by atoms with Crippen molar-refractivity contribution in [2.45, 2.75) is 6.04 Å². The average molecular weight is 323 g/mol. The van der Waals surface area contributed by atoms with Gasteiger partial charge in [0.1, 0.15) is 17.4 Å². The summed E-state index contributed by atoms with van der Waals surface area (Å²) in [6, 6.07) is 9.91. The molecule has 0 aliphatic carbocycles. The summed E-state index contributed by atoms with van der Waals surface area (Å²) >= 11 is 5.13. The Labute approximate surface area is 117 Å². The second-order valence-corrected chi connectivity index (χ2v) is 5.60. The van der Waals surface area contributed by atoms with E-state index in [0.29, 0.717) is 0 Å². The van der Waals surface area contributed by atoms with Gasteiger partial charge in [-0.2, -0.15) is 11.3 Å². The number of furan rings is 1. The van der Waals surface area contributed by atoms with E-state index in [9.17, 15) is 0 Å². The minimum absolute atomic E-state index is 0.115. The molecule has 3 aromatic rings. The van der Waals surface area contributed by atoms with E-state index in [1.165, 1.54) is 0 Å². The lowest BCUT2D eigenvalue weighted by molar-refractivity contribution is 0.477. The lowest BCUT2D eigenvalue weighted by atomic mass is 10.1. The van der Waals surface area contributed by atoms with E-state index in [-0.39, 0.29) is 6.04 Å². The van der Waals surface area contributed by atoms with Crippen molar-refractivity contribution in [3.05, 3.63) is 56.9 Å². The van der Waals surface area contributed by atoms with Gasteiger partial charge in [0.2, 0.25) is 0 Å². The molecule has 0 radical (unpaired) electrons. The highest BCUT2D eigenvalue weighted by Crippen LogP contribution is 2.32. The molecule has 0 amide bonds. The van der Waals surface area contributed by atoms with E-state index in [2.05, 4.69) is 26.7 Å². The van der Waals surface area contributed by atoms with E-state index < -0.39 is 0 Å². The molecule has 2 heterocycles. The Hall–Kier alpha value is -1.14. The number of thiophene rings is 1. The molecule has 0 bridgehead atoms. The summed E-state index contributed by atoms with van der Waals surface area (Å²) in [6.07, 6.45) is 0. The molecule has 0 fully saturated rings. The number of hydrogen-bond acceptors (Lipinski definition) is 4. The minimum atomic E-state index is -0.115. The molecule has 1 unspecified atom stereocenters. The Bertz CT molecular complexity index is 663. The van der Waals surface area contributed by atoms with Crippen molar-refractivity contribution in [3.63, 3.8) is 0 Å². The van der Waals surface area contributed by atoms with Crippen molar-refractivity contribution in [1.29, 1.82) is 0 Å². The molecule has 1 atom stereocenters. The highest BCUT2D eigenvalue weighted by Gasteiger charge is 2.18. The molecule has 1 aromatic carbocycles. The smallest absolute Gasteiger partial charge is 0.148 e. The van der Waals surface area contributed by atoms with Crippen molar-refractivity contribution >= 4 is 38.2 Å². The van der Waals surface area contributed by atoms with Gasteiger partial charge in [0.25, 0.3) is 0 Å². The van der Waals surface area contributed by atoms with Crippen LogP contribution in [-0.2, 0) is 0 Å². The fourth-order valence-corrected chi connectivity index (χ4v) is 3.12. The maximum Gasteiger partial charge on any atom is 0.148 e. The van der Waals surface area contributed by atoms with Gasteiger partial charge in [-0.3, -0.25) is 5.84 Å². The molecule has 5 heteroatoms. The van der Waals surface area contributed by atoms with Gasteiger partial charge in [0.15, 0.2) is 0 Å². The first-order chi connectivity index (χ1) is 8.79. The van der Waals surface area contributed by atoms with E-state index in [0.717, 1.165) is 26.8 Å². The van der Waals surface area contributed by atoms with Crippen LogP contribution in [0.1, 0.15) is 17.4 Å². The lowest BCUT2D eigenvalue weighted by Crippen LogP contribution is -2.28. The first-order valence-corrected chi connectivity index (χ1v) is 7.19. The molecule has 18 heavy (non-hydrogen) atoms. The van der Waals surface area contributed by atoms with Crippen LogP contribution in [0.3, 0.4) is 0 Å². The third-order valence-electron chi connectivity index (χ3n) is 2.84. The van der Waals surface area contributed by atoms with Crippen LogP contribution in [-0.4, -0.2) is 0 Å². The third-order valence-corrected chi connectivity index (χ3v) is 4.17. The first-order valence-electron chi connectivity index (χ1n) is 5.46. The van der Waals surface area contributed by atoms with Crippen LogP contribution in [0.5, 0.6) is 0 Å². The maximum atomic E-state index is 5.89. The highest BCUT2D eigenvalue weighted by molar-refractivity contribution is 9.10. The standard InChI is InChI=1S/C13H11BrN2OS/c14-10-3-1-2-8-6-11(17-13(8)10)12(16-15)9-4-5-18-7-9/h1-7,12,16H,15H2. The van der Waals surface area contributed by atoms with Gasteiger partial charge in [0, 0.05) is 5.39 Å². The fraction of sp³-hybridized carbons (Fsp3) is 0.0769. The SMILES string of the molecule is NNC(c1ccsc1)c1cc2cccc(Br)c2o1. The summed E-state index contributed by atoms with van der Waals surface area (Å²) in [6.45, 7) is 0. The predicted octanol–water partition coefficient (Wildman–Crippen LogP) is 3.81. The van der Waals surface area contributed by atoms with Gasteiger partial charge in [-0.15, -0.1) is 0 Å². The van der Waals surface area contributed by atoms with Gasteiger partial charge in [-0.05, 0) is 50.5 Å². The quantitative estimate of drug-likeness (QED) is 0.569. The molecule has 0 aliphatic heterocycles. The molecule has 3 nitrogen and oxygen atoms in total. The number of nitrogens with one attached hydrogen (secondary N) is 1. The second kappa shape index (κ2) is 4.85. The Morgan fingerprint density at radius 2 is 2.22 bits per heavy atom. The monoisotopic (exact) mass is 322 g/mol. The molecule has 0 saturated carbocycles. The molecule has 92 valence electrons. The van der Waals surface area contributed by atoms with Crippen LogP contribution in [0, 0.1) is 0 Å². The van der Waals surface area contributed by atoms with Crippen LogP contribution in [0.2, 0.25) is 0 Å². The van der Waals surface area contributed by atoms with Crippen molar-refractivity contribution in [1.82, 2.24) is 5.43 Å². The van der Waals surface area contributed by atoms with Crippen LogP contribution >= 0.6 is 27.3 Å². The summed E-state index contributed by atoms with van der Waals surface area (Å²) < 4.78 is 6.84. The molecule has 0 aliphatic rings. The molecule has 3 rings (SSSR count). The zero-order chi connectivity index (χ0) is 12.5. The van der Waals surface area contributed by atoms with Crippen molar-refractivity contribution in [2.24, 2.45) is 5.84 Å². The molecular weight excluding hydrogens is 312 g/mol. The average Bonchev–Trinajstić information content (AvgIpc) is 3.00. The van der Waals surface area contributed by atoms with Gasteiger partial charge in [-0.1, -0.05) is 12.1 Å². The van der Waals surface area contributed by atoms with Crippen LogP contribution in [0.4, 0.5) is 0 Å². The van der Waals surface area contributed by atoms with Crippen LogP contribution < -0.4 is 11.3 Å². The van der Waals surface area contributed by atoms with E-state index >= 15 is 0 Å². The van der Waals surface area contributed by atoms with Gasteiger partial charge < -0.3 is 4.42 Å². The predicted molar refractivity (Wildman–Crippen MR) is 77.4 cm³/mol. The summed E-state index contributed by atoms with van der Waals surface area (Å²) in [5.74, 6) is 6.46. The number of hydrogen-bond donors (Lipinski definition) is 2. The van der Waals surface area contributed by atoms with Crippen LogP contribution in [0.15, 0.2) is 50.0 Å². The zero-order valence-corrected chi connectivity index (χ0v) is 11.8. The number of nitrogens with two attached hydrogens (primary N) is 1. The van der Waals surface area contributed by atoms with E-state index in [1.807, 2.05) is 35.7 Å². The lowest BCUT2D eigenvalue weighted by Gasteiger charge is -2.10. The van der Waals surface area contributed by atoms with E-state index in [4.69, 9.17) is 10.3 Å². The summed E-state index contributed by atoms with van der Waals surface area (Å²) in [7, 11) is 0.